The minimum atomic E-state index is -1.01. The number of halogens is 2. The van der Waals surface area contributed by atoms with E-state index in [0.717, 1.165) is 37.9 Å². The first kappa shape index (κ1) is 24.1. The summed E-state index contributed by atoms with van der Waals surface area (Å²) in [6.45, 7) is 0.808. The molecule has 3 rings (SSSR count). The van der Waals surface area contributed by atoms with Gasteiger partial charge in [-0.3, -0.25) is 14.4 Å². The summed E-state index contributed by atoms with van der Waals surface area (Å²) in [6.07, 6.45) is 7.66. The zero-order valence-electron chi connectivity index (χ0n) is 18.1. The third-order valence-corrected chi connectivity index (χ3v) is 5.28. The van der Waals surface area contributed by atoms with Crippen LogP contribution in [0.2, 0.25) is 0 Å². The van der Waals surface area contributed by atoms with Gasteiger partial charge in [0.1, 0.15) is 17.2 Å². The summed E-state index contributed by atoms with van der Waals surface area (Å²) in [6, 6.07) is 2.91. The van der Waals surface area contributed by atoms with E-state index < -0.39 is 39.8 Å². The summed E-state index contributed by atoms with van der Waals surface area (Å²) in [5.74, 6) is -3.30. The zero-order chi connectivity index (χ0) is 24.0. The van der Waals surface area contributed by atoms with Crippen LogP contribution in [-0.2, 0) is 17.8 Å². The largest absolute Gasteiger partial charge is 0.503 e. The summed E-state index contributed by atoms with van der Waals surface area (Å²) in [5.41, 5.74) is -2.18. The number of fused-ring (bicyclic) bond motifs is 1. The molecule has 0 atom stereocenters. The van der Waals surface area contributed by atoms with Crippen molar-refractivity contribution >= 4 is 11.4 Å². The molecule has 176 valence electrons. The SMILES string of the molecule is COCCCCCCn1ccn2cc(C(=O)NCc3ccc(F)cc3F)c(=O)c(O)c2c1=O. The number of benzene rings is 1. The highest BCUT2D eigenvalue weighted by molar-refractivity contribution is 5.94. The first-order valence-electron chi connectivity index (χ1n) is 10.5. The number of ether oxygens (including phenoxy) is 1. The van der Waals surface area contributed by atoms with Crippen LogP contribution < -0.4 is 16.3 Å². The first-order valence-corrected chi connectivity index (χ1v) is 10.5. The molecule has 0 aliphatic carbocycles. The summed E-state index contributed by atoms with van der Waals surface area (Å²) < 4.78 is 34.4. The van der Waals surface area contributed by atoms with Gasteiger partial charge in [0.05, 0.1) is 0 Å². The Hall–Kier alpha value is -3.53. The fraction of sp³-hybridized carbons (Fsp3) is 0.348. The number of aromatic hydroxyl groups is 1. The lowest BCUT2D eigenvalue weighted by Crippen LogP contribution is -2.31. The second kappa shape index (κ2) is 10.9. The number of hydrogen-bond donors (Lipinski definition) is 2. The Morgan fingerprint density at radius 1 is 1.12 bits per heavy atom. The van der Waals surface area contributed by atoms with E-state index >= 15 is 0 Å². The van der Waals surface area contributed by atoms with Gasteiger partial charge in [-0.05, 0) is 18.9 Å². The van der Waals surface area contributed by atoms with Crippen molar-refractivity contribution in [2.24, 2.45) is 0 Å². The molecule has 1 amide bonds. The molecule has 0 bridgehead atoms. The minimum absolute atomic E-state index is 0.0277. The third kappa shape index (κ3) is 5.64. The van der Waals surface area contributed by atoms with Gasteiger partial charge in [0, 0.05) is 57.0 Å². The van der Waals surface area contributed by atoms with Crippen LogP contribution in [0.1, 0.15) is 41.6 Å². The standard InChI is InChI=1S/C23H25F2N3O5/c1-33-11-5-3-2-4-8-27-9-10-28-14-17(20(29)21(30)19(28)23(27)32)22(31)26-13-15-6-7-16(24)12-18(15)25/h6-7,9-10,12,14,30H,2-5,8,11,13H2,1H3,(H,26,31). The van der Waals surface area contributed by atoms with Crippen molar-refractivity contribution in [3.8, 4) is 5.75 Å². The van der Waals surface area contributed by atoms with E-state index in [9.17, 15) is 28.3 Å². The second-order valence-corrected chi connectivity index (χ2v) is 7.60. The molecule has 0 spiro atoms. The Kier molecular flexibility index (Phi) is 7.94. The predicted octanol–water partition coefficient (Wildman–Crippen LogP) is 2.58. The van der Waals surface area contributed by atoms with Gasteiger partial charge in [-0.15, -0.1) is 0 Å². The molecular weight excluding hydrogens is 436 g/mol. The number of aromatic nitrogens is 2. The first-order chi connectivity index (χ1) is 15.8. The Bertz CT molecular complexity index is 1270. The number of aryl methyl sites for hydroxylation is 1. The van der Waals surface area contributed by atoms with Gasteiger partial charge in [-0.25, -0.2) is 8.78 Å². The van der Waals surface area contributed by atoms with Crippen molar-refractivity contribution in [2.45, 2.75) is 38.8 Å². The van der Waals surface area contributed by atoms with E-state index in [4.69, 9.17) is 4.74 Å². The Labute approximate surface area is 188 Å². The fourth-order valence-electron chi connectivity index (χ4n) is 3.46. The van der Waals surface area contributed by atoms with E-state index in [-0.39, 0.29) is 17.6 Å². The second-order valence-electron chi connectivity index (χ2n) is 7.60. The van der Waals surface area contributed by atoms with Crippen LogP contribution in [0.4, 0.5) is 8.78 Å². The molecule has 3 aromatic rings. The molecule has 0 unspecified atom stereocenters. The fourth-order valence-corrected chi connectivity index (χ4v) is 3.46. The highest BCUT2D eigenvalue weighted by Gasteiger charge is 2.19. The number of hydrogen-bond acceptors (Lipinski definition) is 5. The van der Waals surface area contributed by atoms with Gasteiger partial charge in [0.2, 0.25) is 5.43 Å². The molecule has 8 nitrogen and oxygen atoms in total. The number of nitrogens with one attached hydrogen (secondary N) is 1. The molecule has 2 N–H and O–H groups in total. The van der Waals surface area contributed by atoms with Crippen molar-refractivity contribution in [1.29, 1.82) is 0 Å². The molecule has 0 saturated carbocycles. The van der Waals surface area contributed by atoms with E-state index in [1.165, 1.54) is 27.4 Å². The molecule has 0 radical (unpaired) electrons. The van der Waals surface area contributed by atoms with Gasteiger partial charge in [0.15, 0.2) is 11.3 Å². The number of nitrogens with zero attached hydrogens (tertiary/aromatic N) is 2. The zero-order valence-corrected chi connectivity index (χ0v) is 18.1. The lowest BCUT2D eigenvalue weighted by atomic mass is 10.2. The van der Waals surface area contributed by atoms with Gasteiger partial charge in [0.25, 0.3) is 11.5 Å². The van der Waals surface area contributed by atoms with E-state index in [1.807, 2.05) is 0 Å². The Balaban J connectivity index is 1.78. The average molecular weight is 461 g/mol. The number of methoxy groups -OCH3 is 1. The van der Waals surface area contributed by atoms with Crippen LogP contribution >= 0.6 is 0 Å². The van der Waals surface area contributed by atoms with Gasteiger partial charge < -0.3 is 24.1 Å². The van der Waals surface area contributed by atoms with Crippen molar-refractivity contribution in [2.75, 3.05) is 13.7 Å². The summed E-state index contributed by atoms with van der Waals surface area (Å²) in [5, 5.41) is 12.7. The maximum atomic E-state index is 13.8. The molecule has 0 aliphatic rings. The van der Waals surface area contributed by atoms with Crippen LogP contribution in [0.5, 0.6) is 5.75 Å². The summed E-state index contributed by atoms with van der Waals surface area (Å²) >= 11 is 0. The monoisotopic (exact) mass is 461 g/mol. The Morgan fingerprint density at radius 3 is 2.61 bits per heavy atom. The maximum Gasteiger partial charge on any atom is 0.278 e. The number of unbranched alkanes of at least 4 members (excludes halogenated alkanes) is 3. The highest BCUT2D eigenvalue weighted by Crippen LogP contribution is 2.13. The quantitative estimate of drug-likeness (QED) is 0.452. The van der Waals surface area contributed by atoms with Crippen molar-refractivity contribution < 1.29 is 23.4 Å². The number of rotatable bonds is 10. The van der Waals surface area contributed by atoms with Gasteiger partial charge in [-0.1, -0.05) is 18.9 Å². The van der Waals surface area contributed by atoms with Crippen LogP contribution in [0.15, 0.2) is 46.4 Å². The molecule has 0 aliphatic heterocycles. The smallest absolute Gasteiger partial charge is 0.278 e. The molecule has 33 heavy (non-hydrogen) atoms. The van der Waals surface area contributed by atoms with Crippen LogP contribution in [0.3, 0.4) is 0 Å². The van der Waals surface area contributed by atoms with Crippen LogP contribution in [-0.4, -0.2) is 33.7 Å². The average Bonchev–Trinajstić information content (AvgIpc) is 2.78. The van der Waals surface area contributed by atoms with Crippen molar-refractivity contribution in [3.05, 3.63) is 80.1 Å². The van der Waals surface area contributed by atoms with Crippen molar-refractivity contribution in [3.63, 3.8) is 0 Å². The number of amides is 1. The highest BCUT2D eigenvalue weighted by atomic mass is 19.1. The summed E-state index contributed by atoms with van der Waals surface area (Å²) in [4.78, 5) is 37.8. The molecule has 1 aromatic carbocycles. The summed E-state index contributed by atoms with van der Waals surface area (Å²) in [7, 11) is 1.64. The van der Waals surface area contributed by atoms with Crippen molar-refractivity contribution in [1.82, 2.24) is 14.3 Å². The predicted molar refractivity (Wildman–Crippen MR) is 117 cm³/mol. The third-order valence-electron chi connectivity index (χ3n) is 5.28. The van der Waals surface area contributed by atoms with E-state index in [0.29, 0.717) is 19.2 Å². The minimum Gasteiger partial charge on any atom is -0.503 e. The molecule has 2 aromatic heterocycles. The molecular formula is C23H25F2N3O5. The lowest BCUT2D eigenvalue weighted by Gasteiger charge is -2.11. The van der Waals surface area contributed by atoms with Gasteiger partial charge >= 0.3 is 0 Å². The number of carbonyl (C=O) groups is 1. The topological polar surface area (TPSA) is 102 Å². The lowest BCUT2D eigenvalue weighted by molar-refractivity contribution is 0.0948. The van der Waals surface area contributed by atoms with E-state index in [2.05, 4.69) is 5.32 Å². The molecule has 0 saturated heterocycles. The molecule has 10 heteroatoms. The normalized spacial score (nSPS) is 11.1. The Morgan fingerprint density at radius 2 is 1.88 bits per heavy atom. The molecule has 2 heterocycles. The van der Waals surface area contributed by atoms with Crippen LogP contribution in [0, 0.1) is 11.6 Å². The van der Waals surface area contributed by atoms with Crippen LogP contribution in [0.25, 0.3) is 5.52 Å². The molecule has 0 fully saturated rings. The van der Waals surface area contributed by atoms with Gasteiger partial charge in [-0.2, -0.15) is 0 Å². The maximum absolute atomic E-state index is 13.8. The number of carbonyl (C=O) groups excluding carboxylic acids is 1. The van der Waals surface area contributed by atoms with E-state index in [1.54, 1.807) is 7.11 Å². The number of pyridine rings is 1.